The second-order valence-electron chi connectivity index (χ2n) is 5.34. The summed E-state index contributed by atoms with van der Waals surface area (Å²) in [6.45, 7) is 9.17. The number of hydrogen-bond acceptors (Lipinski definition) is 3. The lowest BCUT2D eigenvalue weighted by Crippen LogP contribution is -2.24. The van der Waals surface area contributed by atoms with Crippen molar-refractivity contribution in [2.75, 3.05) is 19.7 Å². The largest absolute Gasteiger partial charge is 0.492 e. The Labute approximate surface area is 135 Å². The predicted molar refractivity (Wildman–Crippen MR) is 89.5 cm³/mol. The summed E-state index contributed by atoms with van der Waals surface area (Å²) in [4.78, 5) is 11.3. The molecule has 0 aliphatic heterocycles. The van der Waals surface area contributed by atoms with Crippen LogP contribution in [0.4, 0.5) is 0 Å². The van der Waals surface area contributed by atoms with Gasteiger partial charge >= 0.3 is 0 Å². The van der Waals surface area contributed by atoms with Crippen molar-refractivity contribution in [3.8, 4) is 5.75 Å². The van der Waals surface area contributed by atoms with Crippen molar-refractivity contribution >= 4 is 21.8 Å². The lowest BCUT2D eigenvalue weighted by atomic mass is 10.2. The lowest BCUT2D eigenvalue weighted by molar-refractivity contribution is -0.121. The SMILES string of the molecule is CCNC(=O)CCOc1ccc(CNCC(C)C)cc1Br. The van der Waals surface area contributed by atoms with Gasteiger partial charge in [-0.2, -0.15) is 0 Å². The molecule has 1 rings (SSSR count). The van der Waals surface area contributed by atoms with E-state index in [1.54, 1.807) is 0 Å². The molecule has 1 aromatic carbocycles. The fourth-order valence-corrected chi connectivity index (χ4v) is 2.36. The highest BCUT2D eigenvalue weighted by molar-refractivity contribution is 9.10. The average molecular weight is 357 g/mol. The fraction of sp³-hybridized carbons (Fsp3) is 0.562. The predicted octanol–water partition coefficient (Wildman–Crippen LogP) is 3.10. The number of amides is 1. The number of carbonyl (C=O) groups is 1. The number of halogens is 1. The molecule has 0 atom stereocenters. The van der Waals surface area contributed by atoms with Gasteiger partial charge in [-0.25, -0.2) is 0 Å². The third kappa shape index (κ3) is 7.48. The molecule has 0 radical (unpaired) electrons. The van der Waals surface area contributed by atoms with Crippen LogP contribution >= 0.6 is 15.9 Å². The summed E-state index contributed by atoms with van der Waals surface area (Å²) in [5.74, 6) is 1.43. The van der Waals surface area contributed by atoms with E-state index in [1.807, 2.05) is 19.1 Å². The van der Waals surface area contributed by atoms with Crippen molar-refractivity contribution in [3.05, 3.63) is 28.2 Å². The summed E-state index contributed by atoms with van der Waals surface area (Å²) in [5.41, 5.74) is 1.21. The third-order valence-corrected chi connectivity index (χ3v) is 3.46. The van der Waals surface area contributed by atoms with Crippen LogP contribution in [0.15, 0.2) is 22.7 Å². The number of rotatable bonds is 9. The molecule has 0 saturated carbocycles. The van der Waals surface area contributed by atoms with E-state index in [1.165, 1.54) is 5.56 Å². The van der Waals surface area contributed by atoms with Crippen molar-refractivity contribution in [2.45, 2.75) is 33.7 Å². The first-order valence-electron chi connectivity index (χ1n) is 7.41. The zero-order chi connectivity index (χ0) is 15.7. The Balaban J connectivity index is 2.41. The molecule has 0 saturated heterocycles. The first kappa shape index (κ1) is 18.0. The van der Waals surface area contributed by atoms with Gasteiger partial charge in [0.15, 0.2) is 0 Å². The summed E-state index contributed by atoms with van der Waals surface area (Å²) in [5, 5.41) is 6.15. The standard InChI is InChI=1S/C16H25BrN2O2/c1-4-19-16(20)7-8-21-15-6-5-13(9-14(15)17)11-18-10-12(2)3/h5-6,9,12,18H,4,7-8,10-11H2,1-3H3,(H,19,20). The number of carbonyl (C=O) groups excluding carboxylic acids is 1. The second-order valence-corrected chi connectivity index (χ2v) is 6.20. The Morgan fingerprint density at radius 3 is 2.76 bits per heavy atom. The van der Waals surface area contributed by atoms with Crippen LogP contribution in [0.1, 0.15) is 32.8 Å². The summed E-state index contributed by atoms with van der Waals surface area (Å²) >= 11 is 3.51. The molecule has 21 heavy (non-hydrogen) atoms. The molecule has 0 bridgehead atoms. The van der Waals surface area contributed by atoms with E-state index in [-0.39, 0.29) is 5.91 Å². The van der Waals surface area contributed by atoms with Crippen LogP contribution in [-0.2, 0) is 11.3 Å². The van der Waals surface area contributed by atoms with Gasteiger partial charge in [0.1, 0.15) is 5.75 Å². The topological polar surface area (TPSA) is 50.4 Å². The first-order valence-corrected chi connectivity index (χ1v) is 8.20. The summed E-state index contributed by atoms with van der Waals surface area (Å²) in [6, 6.07) is 6.03. The van der Waals surface area contributed by atoms with E-state index in [2.05, 4.69) is 46.5 Å². The van der Waals surface area contributed by atoms with Gasteiger partial charge in [-0.05, 0) is 53.0 Å². The van der Waals surface area contributed by atoms with E-state index in [9.17, 15) is 4.79 Å². The van der Waals surface area contributed by atoms with Gasteiger partial charge in [0.2, 0.25) is 5.91 Å². The van der Waals surface area contributed by atoms with Gasteiger partial charge < -0.3 is 15.4 Å². The summed E-state index contributed by atoms with van der Waals surface area (Å²) in [6.07, 6.45) is 0.373. The molecule has 0 aliphatic rings. The molecule has 0 aliphatic carbocycles. The third-order valence-electron chi connectivity index (χ3n) is 2.84. The molecule has 1 amide bonds. The van der Waals surface area contributed by atoms with Gasteiger partial charge in [-0.3, -0.25) is 4.79 Å². The van der Waals surface area contributed by atoms with Gasteiger partial charge in [-0.1, -0.05) is 19.9 Å². The molecule has 0 fully saturated rings. The van der Waals surface area contributed by atoms with Gasteiger partial charge in [0, 0.05) is 13.1 Å². The molecule has 0 unspecified atom stereocenters. The van der Waals surface area contributed by atoms with E-state index in [4.69, 9.17) is 4.74 Å². The average Bonchev–Trinajstić information content (AvgIpc) is 2.41. The van der Waals surface area contributed by atoms with Crippen LogP contribution in [0, 0.1) is 5.92 Å². The van der Waals surface area contributed by atoms with Crippen molar-refractivity contribution in [3.63, 3.8) is 0 Å². The molecule has 4 nitrogen and oxygen atoms in total. The van der Waals surface area contributed by atoms with Crippen molar-refractivity contribution in [1.29, 1.82) is 0 Å². The molecule has 0 heterocycles. The molecule has 0 aromatic heterocycles. The highest BCUT2D eigenvalue weighted by Gasteiger charge is 2.05. The molecule has 5 heteroatoms. The van der Waals surface area contributed by atoms with Gasteiger partial charge in [-0.15, -0.1) is 0 Å². The number of hydrogen-bond donors (Lipinski definition) is 2. The van der Waals surface area contributed by atoms with E-state index < -0.39 is 0 Å². The molecular weight excluding hydrogens is 332 g/mol. The zero-order valence-corrected chi connectivity index (χ0v) is 14.6. The highest BCUT2D eigenvalue weighted by Crippen LogP contribution is 2.26. The zero-order valence-electron chi connectivity index (χ0n) is 13.0. The van der Waals surface area contributed by atoms with Crippen molar-refractivity contribution < 1.29 is 9.53 Å². The Hall–Kier alpha value is -1.07. The van der Waals surface area contributed by atoms with Gasteiger partial charge in [0.05, 0.1) is 17.5 Å². The number of ether oxygens (including phenoxy) is 1. The molecule has 2 N–H and O–H groups in total. The van der Waals surface area contributed by atoms with Crippen LogP contribution in [-0.4, -0.2) is 25.6 Å². The Morgan fingerprint density at radius 1 is 1.38 bits per heavy atom. The maximum absolute atomic E-state index is 11.3. The second kappa shape index (κ2) is 9.79. The first-order chi connectivity index (χ1) is 10.0. The van der Waals surface area contributed by atoms with Crippen molar-refractivity contribution in [2.24, 2.45) is 5.92 Å². The minimum atomic E-state index is 0.0168. The van der Waals surface area contributed by atoms with Gasteiger partial charge in [0.25, 0.3) is 0 Å². The summed E-state index contributed by atoms with van der Waals surface area (Å²) < 4.78 is 6.54. The lowest BCUT2D eigenvalue weighted by Gasteiger charge is -2.11. The smallest absolute Gasteiger partial charge is 0.223 e. The van der Waals surface area contributed by atoms with E-state index >= 15 is 0 Å². The Bertz CT molecular complexity index is 450. The van der Waals surface area contributed by atoms with Crippen LogP contribution in [0.5, 0.6) is 5.75 Å². The normalized spacial score (nSPS) is 10.7. The quantitative estimate of drug-likeness (QED) is 0.714. The number of nitrogens with one attached hydrogen (secondary N) is 2. The highest BCUT2D eigenvalue weighted by atomic mass is 79.9. The van der Waals surface area contributed by atoms with Crippen LogP contribution in [0.25, 0.3) is 0 Å². The van der Waals surface area contributed by atoms with Crippen LogP contribution < -0.4 is 15.4 Å². The van der Waals surface area contributed by atoms with E-state index in [0.717, 1.165) is 23.3 Å². The molecular formula is C16H25BrN2O2. The Kier molecular flexibility index (Phi) is 8.38. The minimum absolute atomic E-state index is 0.0168. The number of benzene rings is 1. The maximum Gasteiger partial charge on any atom is 0.223 e. The fourth-order valence-electron chi connectivity index (χ4n) is 1.82. The minimum Gasteiger partial charge on any atom is -0.492 e. The molecule has 0 spiro atoms. The summed E-state index contributed by atoms with van der Waals surface area (Å²) in [7, 11) is 0. The Morgan fingerprint density at radius 2 is 2.14 bits per heavy atom. The molecule has 1 aromatic rings. The van der Waals surface area contributed by atoms with Crippen LogP contribution in [0.3, 0.4) is 0 Å². The maximum atomic E-state index is 11.3. The van der Waals surface area contributed by atoms with Crippen molar-refractivity contribution in [1.82, 2.24) is 10.6 Å². The van der Waals surface area contributed by atoms with Crippen LogP contribution in [0.2, 0.25) is 0 Å². The monoisotopic (exact) mass is 356 g/mol. The molecule has 118 valence electrons. The van der Waals surface area contributed by atoms with E-state index in [0.29, 0.717) is 25.5 Å².